The van der Waals surface area contributed by atoms with Crippen LogP contribution >= 0.6 is 0 Å². The molecular weight excluding hydrogens is 364 g/mol. The molecule has 0 spiro atoms. The molecule has 0 fully saturated rings. The molecule has 0 atom stereocenters. The smallest absolute Gasteiger partial charge is 0.271 e. The Hall–Kier alpha value is -4.19. The quantitative estimate of drug-likeness (QED) is 0.357. The number of hydrogen-bond acceptors (Lipinski definition) is 3. The summed E-state index contributed by atoms with van der Waals surface area (Å²) >= 11 is 0. The molecule has 0 bridgehead atoms. The average molecular weight is 382 g/mol. The lowest BCUT2D eigenvalue weighted by molar-refractivity contribution is 0.0954. The standard InChI is InChI=1S/C23H18N4O2/c28-22(16-6-2-1-3-7-16)26-19-12-10-17(11-13-19)23(29)27-25-15-18-14-24-21-9-5-4-8-20(18)21/h1-15,24H,(H,26,28)(H,27,29)/b25-15-. The molecule has 29 heavy (non-hydrogen) atoms. The van der Waals surface area contributed by atoms with Crippen LogP contribution in [0.25, 0.3) is 10.9 Å². The molecule has 3 N–H and O–H groups in total. The van der Waals surface area contributed by atoms with Gasteiger partial charge in [0.25, 0.3) is 11.8 Å². The Balaban J connectivity index is 1.37. The molecule has 6 heteroatoms. The number of amides is 2. The first kappa shape index (κ1) is 18.2. The summed E-state index contributed by atoms with van der Waals surface area (Å²) in [6, 6.07) is 23.4. The van der Waals surface area contributed by atoms with E-state index in [2.05, 4.69) is 20.8 Å². The van der Waals surface area contributed by atoms with Gasteiger partial charge < -0.3 is 10.3 Å². The van der Waals surface area contributed by atoms with Gasteiger partial charge in [0.2, 0.25) is 0 Å². The van der Waals surface area contributed by atoms with E-state index in [1.807, 2.05) is 36.5 Å². The summed E-state index contributed by atoms with van der Waals surface area (Å²) in [5.41, 5.74) is 6.04. The van der Waals surface area contributed by atoms with Crippen molar-refractivity contribution in [3.05, 3.63) is 102 Å². The van der Waals surface area contributed by atoms with E-state index in [0.29, 0.717) is 16.8 Å². The van der Waals surface area contributed by atoms with E-state index in [4.69, 9.17) is 0 Å². The average Bonchev–Trinajstić information content (AvgIpc) is 3.18. The second-order valence-electron chi connectivity index (χ2n) is 6.39. The van der Waals surface area contributed by atoms with Crippen LogP contribution < -0.4 is 10.7 Å². The van der Waals surface area contributed by atoms with Crippen LogP contribution in [0.4, 0.5) is 5.69 Å². The van der Waals surface area contributed by atoms with Crippen molar-refractivity contribution in [1.29, 1.82) is 0 Å². The first-order valence-electron chi connectivity index (χ1n) is 9.07. The van der Waals surface area contributed by atoms with E-state index in [-0.39, 0.29) is 11.8 Å². The molecule has 2 amide bonds. The molecule has 0 aliphatic carbocycles. The highest BCUT2D eigenvalue weighted by molar-refractivity contribution is 6.04. The third-order valence-corrected chi connectivity index (χ3v) is 4.43. The summed E-state index contributed by atoms with van der Waals surface area (Å²) in [6.07, 6.45) is 3.44. The molecule has 4 rings (SSSR count). The van der Waals surface area contributed by atoms with Crippen LogP contribution in [0, 0.1) is 0 Å². The summed E-state index contributed by atoms with van der Waals surface area (Å²) in [6.45, 7) is 0. The predicted molar refractivity (Wildman–Crippen MR) is 114 cm³/mol. The number of hydrogen-bond donors (Lipinski definition) is 3. The van der Waals surface area contributed by atoms with Gasteiger partial charge in [0, 0.05) is 39.5 Å². The number of carbonyl (C=O) groups excluding carboxylic acids is 2. The fraction of sp³-hybridized carbons (Fsp3) is 0. The van der Waals surface area contributed by atoms with Gasteiger partial charge in [0.05, 0.1) is 6.21 Å². The number of H-pyrrole nitrogens is 1. The van der Waals surface area contributed by atoms with Gasteiger partial charge in [0.15, 0.2) is 0 Å². The van der Waals surface area contributed by atoms with Crippen LogP contribution in [-0.4, -0.2) is 23.0 Å². The largest absolute Gasteiger partial charge is 0.361 e. The van der Waals surface area contributed by atoms with Gasteiger partial charge in [-0.05, 0) is 42.5 Å². The number of anilines is 1. The van der Waals surface area contributed by atoms with Gasteiger partial charge in [-0.3, -0.25) is 9.59 Å². The van der Waals surface area contributed by atoms with E-state index in [0.717, 1.165) is 16.5 Å². The van der Waals surface area contributed by atoms with Crippen LogP contribution in [0.15, 0.2) is 90.2 Å². The molecule has 142 valence electrons. The molecule has 6 nitrogen and oxygen atoms in total. The Bertz CT molecular complexity index is 1180. The monoisotopic (exact) mass is 382 g/mol. The zero-order valence-electron chi connectivity index (χ0n) is 15.4. The maximum Gasteiger partial charge on any atom is 0.271 e. The van der Waals surface area contributed by atoms with Crippen LogP contribution in [0.5, 0.6) is 0 Å². The normalized spacial score (nSPS) is 10.9. The van der Waals surface area contributed by atoms with Crippen molar-refractivity contribution < 1.29 is 9.59 Å². The molecule has 3 aromatic carbocycles. The third kappa shape index (κ3) is 4.22. The fourth-order valence-electron chi connectivity index (χ4n) is 2.92. The third-order valence-electron chi connectivity index (χ3n) is 4.43. The maximum atomic E-state index is 12.3. The van der Waals surface area contributed by atoms with E-state index in [9.17, 15) is 9.59 Å². The highest BCUT2D eigenvalue weighted by Gasteiger charge is 2.07. The number of carbonyl (C=O) groups is 2. The van der Waals surface area contributed by atoms with E-state index in [1.165, 1.54) is 0 Å². The number of benzene rings is 3. The zero-order chi connectivity index (χ0) is 20.1. The van der Waals surface area contributed by atoms with Crippen molar-refractivity contribution in [2.75, 3.05) is 5.32 Å². The Morgan fingerprint density at radius 2 is 1.48 bits per heavy atom. The number of fused-ring (bicyclic) bond motifs is 1. The Morgan fingerprint density at radius 3 is 2.28 bits per heavy atom. The van der Waals surface area contributed by atoms with E-state index in [1.54, 1.807) is 54.7 Å². The second kappa shape index (κ2) is 8.22. The topological polar surface area (TPSA) is 86.3 Å². The van der Waals surface area contributed by atoms with Crippen LogP contribution in [0.1, 0.15) is 26.3 Å². The maximum absolute atomic E-state index is 12.3. The lowest BCUT2D eigenvalue weighted by Crippen LogP contribution is -2.17. The number of aromatic amines is 1. The number of rotatable bonds is 5. The summed E-state index contributed by atoms with van der Waals surface area (Å²) in [5, 5.41) is 7.87. The minimum Gasteiger partial charge on any atom is -0.361 e. The van der Waals surface area contributed by atoms with Crippen LogP contribution in [-0.2, 0) is 0 Å². The highest BCUT2D eigenvalue weighted by atomic mass is 16.2. The number of nitrogens with one attached hydrogen (secondary N) is 3. The Morgan fingerprint density at radius 1 is 0.793 bits per heavy atom. The summed E-state index contributed by atoms with van der Waals surface area (Å²) in [5.74, 6) is -0.534. The first-order valence-corrected chi connectivity index (χ1v) is 9.07. The lowest BCUT2D eigenvalue weighted by Gasteiger charge is -2.06. The van der Waals surface area contributed by atoms with Crippen molar-refractivity contribution in [3.8, 4) is 0 Å². The van der Waals surface area contributed by atoms with E-state index < -0.39 is 0 Å². The Kier molecular flexibility index (Phi) is 5.16. The molecule has 0 aliphatic heterocycles. The molecule has 1 aromatic heterocycles. The lowest BCUT2D eigenvalue weighted by atomic mass is 10.1. The van der Waals surface area contributed by atoms with Crippen molar-refractivity contribution >= 4 is 34.6 Å². The molecular formula is C23H18N4O2. The van der Waals surface area contributed by atoms with Gasteiger partial charge in [0.1, 0.15) is 0 Å². The SMILES string of the molecule is O=C(N/N=C\c1c[nH]c2ccccc12)c1ccc(NC(=O)c2ccccc2)cc1. The fourth-order valence-corrected chi connectivity index (χ4v) is 2.92. The van der Waals surface area contributed by atoms with Gasteiger partial charge in [-0.25, -0.2) is 5.43 Å². The summed E-state index contributed by atoms with van der Waals surface area (Å²) < 4.78 is 0. The minimum atomic E-state index is -0.331. The van der Waals surface area contributed by atoms with E-state index >= 15 is 0 Å². The van der Waals surface area contributed by atoms with Crippen molar-refractivity contribution in [2.45, 2.75) is 0 Å². The molecule has 0 saturated carbocycles. The predicted octanol–water partition coefficient (Wildman–Crippen LogP) is 4.18. The number of hydrazone groups is 1. The van der Waals surface area contributed by atoms with Crippen LogP contribution in [0.2, 0.25) is 0 Å². The Labute approximate surface area is 167 Å². The minimum absolute atomic E-state index is 0.203. The highest BCUT2D eigenvalue weighted by Crippen LogP contribution is 2.15. The summed E-state index contributed by atoms with van der Waals surface area (Å²) in [7, 11) is 0. The van der Waals surface area contributed by atoms with Gasteiger partial charge >= 0.3 is 0 Å². The van der Waals surface area contributed by atoms with Crippen molar-refractivity contribution in [2.24, 2.45) is 5.10 Å². The van der Waals surface area contributed by atoms with Crippen LogP contribution in [0.3, 0.4) is 0 Å². The molecule has 0 aliphatic rings. The first-order chi connectivity index (χ1) is 14.2. The number of aromatic nitrogens is 1. The molecule has 0 saturated heterocycles. The second-order valence-corrected chi connectivity index (χ2v) is 6.39. The van der Waals surface area contributed by atoms with Gasteiger partial charge in [-0.1, -0.05) is 36.4 Å². The van der Waals surface area contributed by atoms with Crippen molar-refractivity contribution in [1.82, 2.24) is 10.4 Å². The number of para-hydroxylation sites is 1. The van der Waals surface area contributed by atoms with Gasteiger partial charge in [-0.15, -0.1) is 0 Å². The number of nitrogens with zero attached hydrogens (tertiary/aromatic N) is 1. The van der Waals surface area contributed by atoms with Gasteiger partial charge in [-0.2, -0.15) is 5.10 Å². The summed E-state index contributed by atoms with van der Waals surface area (Å²) in [4.78, 5) is 27.6. The zero-order valence-corrected chi connectivity index (χ0v) is 15.4. The molecule has 1 heterocycles. The van der Waals surface area contributed by atoms with Crippen molar-refractivity contribution in [3.63, 3.8) is 0 Å². The molecule has 4 aromatic rings. The molecule has 0 radical (unpaired) electrons. The molecule has 0 unspecified atom stereocenters.